The molecule has 0 bridgehead atoms. The molecule has 1 aliphatic rings. The number of fused-ring (bicyclic) bond motifs is 1. The summed E-state index contributed by atoms with van der Waals surface area (Å²) in [5, 5.41) is 0.887. The van der Waals surface area contributed by atoms with Crippen LogP contribution < -0.4 is 4.90 Å². The number of anilines is 1. The largest absolute Gasteiger partial charge is 0.345 e. The van der Waals surface area contributed by atoms with Crippen molar-refractivity contribution < 1.29 is 9.18 Å². The molecule has 2 aromatic carbocycles. The fraction of sp³-hybridized carbons (Fsp3) is 0.200. The van der Waals surface area contributed by atoms with E-state index in [2.05, 4.69) is 9.88 Å². The molecule has 1 fully saturated rings. The standard InChI is InChI=1S/C20H18FN3OS/c21-16-7-8-17-18(14-16)26-20(22-17)24-12-10-23(11-13-24)19(25)9-6-15-4-2-1-3-5-15/h1-9,14H,10-13H2/b9-6+. The van der Waals surface area contributed by atoms with Gasteiger partial charge in [-0.3, -0.25) is 4.79 Å². The second-order valence-electron chi connectivity index (χ2n) is 6.16. The number of thiazole rings is 1. The Balaban J connectivity index is 1.38. The third kappa shape index (κ3) is 3.60. The van der Waals surface area contributed by atoms with Crippen molar-refractivity contribution in [1.29, 1.82) is 0 Å². The predicted octanol–water partition coefficient (Wildman–Crippen LogP) is 3.80. The molecule has 1 aliphatic heterocycles. The Labute approximate surface area is 155 Å². The summed E-state index contributed by atoms with van der Waals surface area (Å²) in [6, 6.07) is 14.5. The average Bonchev–Trinajstić information content (AvgIpc) is 3.10. The van der Waals surface area contributed by atoms with Crippen LogP contribution >= 0.6 is 11.3 Å². The molecule has 1 amide bonds. The van der Waals surface area contributed by atoms with Crippen LogP contribution in [-0.2, 0) is 4.79 Å². The van der Waals surface area contributed by atoms with Gasteiger partial charge in [-0.2, -0.15) is 0 Å². The van der Waals surface area contributed by atoms with E-state index in [1.165, 1.54) is 23.5 Å². The molecule has 1 aromatic heterocycles. The monoisotopic (exact) mass is 367 g/mol. The highest BCUT2D eigenvalue weighted by atomic mass is 32.1. The number of nitrogens with zero attached hydrogens (tertiary/aromatic N) is 3. The second kappa shape index (κ2) is 7.25. The minimum Gasteiger partial charge on any atom is -0.345 e. The van der Waals surface area contributed by atoms with Crippen molar-refractivity contribution in [2.24, 2.45) is 0 Å². The van der Waals surface area contributed by atoms with Crippen LogP contribution in [0, 0.1) is 5.82 Å². The zero-order chi connectivity index (χ0) is 17.9. The van der Waals surface area contributed by atoms with Gasteiger partial charge in [0.1, 0.15) is 5.82 Å². The predicted molar refractivity (Wildman–Crippen MR) is 104 cm³/mol. The van der Waals surface area contributed by atoms with E-state index in [4.69, 9.17) is 0 Å². The molecule has 0 atom stereocenters. The third-order valence-electron chi connectivity index (χ3n) is 4.42. The molecular formula is C20H18FN3OS. The third-order valence-corrected chi connectivity index (χ3v) is 5.50. The lowest BCUT2D eigenvalue weighted by atomic mass is 10.2. The number of amides is 1. The molecule has 0 saturated carbocycles. The SMILES string of the molecule is O=C(/C=C/c1ccccc1)N1CCN(c2nc3ccc(F)cc3s2)CC1. The van der Waals surface area contributed by atoms with E-state index in [9.17, 15) is 9.18 Å². The number of hydrogen-bond acceptors (Lipinski definition) is 4. The number of hydrogen-bond donors (Lipinski definition) is 0. The van der Waals surface area contributed by atoms with E-state index in [0.717, 1.165) is 34.0 Å². The first kappa shape index (κ1) is 16.7. The van der Waals surface area contributed by atoms with Crippen LogP contribution in [0.3, 0.4) is 0 Å². The van der Waals surface area contributed by atoms with Gasteiger partial charge in [0, 0.05) is 32.3 Å². The van der Waals surface area contributed by atoms with Crippen molar-refractivity contribution in [2.45, 2.75) is 0 Å². The molecule has 1 saturated heterocycles. The Bertz CT molecular complexity index is 946. The Morgan fingerprint density at radius 1 is 1.08 bits per heavy atom. The van der Waals surface area contributed by atoms with Gasteiger partial charge in [-0.05, 0) is 29.8 Å². The van der Waals surface area contributed by atoms with Crippen LogP contribution in [0.15, 0.2) is 54.6 Å². The van der Waals surface area contributed by atoms with Gasteiger partial charge >= 0.3 is 0 Å². The molecule has 0 N–H and O–H groups in total. The second-order valence-corrected chi connectivity index (χ2v) is 7.17. The highest BCUT2D eigenvalue weighted by Crippen LogP contribution is 2.29. The highest BCUT2D eigenvalue weighted by Gasteiger charge is 2.22. The molecular weight excluding hydrogens is 349 g/mol. The van der Waals surface area contributed by atoms with Crippen LogP contribution in [0.1, 0.15) is 5.56 Å². The first-order valence-corrected chi connectivity index (χ1v) is 9.34. The Morgan fingerprint density at radius 3 is 2.62 bits per heavy atom. The Hall–Kier alpha value is -2.73. The number of carbonyl (C=O) groups excluding carboxylic acids is 1. The summed E-state index contributed by atoms with van der Waals surface area (Å²) in [6.07, 6.45) is 3.47. The van der Waals surface area contributed by atoms with E-state index < -0.39 is 0 Å². The van der Waals surface area contributed by atoms with Crippen molar-refractivity contribution in [3.63, 3.8) is 0 Å². The number of benzene rings is 2. The van der Waals surface area contributed by atoms with Crippen molar-refractivity contribution in [3.05, 3.63) is 66.0 Å². The van der Waals surface area contributed by atoms with Crippen LogP contribution in [0.2, 0.25) is 0 Å². The van der Waals surface area contributed by atoms with E-state index in [1.54, 1.807) is 12.1 Å². The first-order chi connectivity index (χ1) is 12.7. The quantitative estimate of drug-likeness (QED) is 0.661. The van der Waals surface area contributed by atoms with Crippen LogP contribution in [0.25, 0.3) is 16.3 Å². The van der Waals surface area contributed by atoms with Gasteiger partial charge in [0.2, 0.25) is 5.91 Å². The number of piperazine rings is 1. The zero-order valence-corrected chi connectivity index (χ0v) is 15.0. The van der Waals surface area contributed by atoms with E-state index in [0.29, 0.717) is 13.1 Å². The Kier molecular flexibility index (Phi) is 4.67. The molecule has 6 heteroatoms. The highest BCUT2D eigenvalue weighted by molar-refractivity contribution is 7.22. The van der Waals surface area contributed by atoms with E-state index >= 15 is 0 Å². The van der Waals surface area contributed by atoms with Gasteiger partial charge in [-0.15, -0.1) is 0 Å². The summed E-state index contributed by atoms with van der Waals surface area (Å²) in [7, 11) is 0. The van der Waals surface area contributed by atoms with Crippen LogP contribution in [0.4, 0.5) is 9.52 Å². The van der Waals surface area contributed by atoms with Crippen molar-refractivity contribution in [3.8, 4) is 0 Å². The molecule has 132 valence electrons. The minimum atomic E-state index is -0.242. The Morgan fingerprint density at radius 2 is 1.85 bits per heavy atom. The maximum absolute atomic E-state index is 13.3. The molecule has 3 aromatic rings. The maximum Gasteiger partial charge on any atom is 0.246 e. The fourth-order valence-corrected chi connectivity index (χ4v) is 4.02. The molecule has 4 nitrogen and oxygen atoms in total. The molecule has 2 heterocycles. The molecule has 4 rings (SSSR count). The lowest BCUT2D eigenvalue weighted by Crippen LogP contribution is -2.48. The van der Waals surface area contributed by atoms with E-state index in [-0.39, 0.29) is 11.7 Å². The molecule has 0 aliphatic carbocycles. The molecule has 0 unspecified atom stereocenters. The number of rotatable bonds is 3. The van der Waals surface area contributed by atoms with Gasteiger partial charge in [-0.1, -0.05) is 41.7 Å². The zero-order valence-electron chi connectivity index (χ0n) is 14.1. The summed E-state index contributed by atoms with van der Waals surface area (Å²) in [5.74, 6) is -0.215. The summed E-state index contributed by atoms with van der Waals surface area (Å²) in [6.45, 7) is 2.77. The average molecular weight is 367 g/mol. The summed E-state index contributed by atoms with van der Waals surface area (Å²) in [5.41, 5.74) is 1.83. The van der Waals surface area contributed by atoms with Crippen LogP contribution in [0.5, 0.6) is 0 Å². The lowest BCUT2D eigenvalue weighted by Gasteiger charge is -2.34. The molecule has 26 heavy (non-hydrogen) atoms. The number of carbonyl (C=O) groups is 1. The number of aromatic nitrogens is 1. The van der Waals surface area contributed by atoms with Crippen molar-refractivity contribution in [2.75, 3.05) is 31.1 Å². The van der Waals surface area contributed by atoms with Gasteiger partial charge in [-0.25, -0.2) is 9.37 Å². The van der Waals surface area contributed by atoms with Gasteiger partial charge in [0.15, 0.2) is 5.13 Å². The van der Waals surface area contributed by atoms with Crippen molar-refractivity contribution in [1.82, 2.24) is 9.88 Å². The fourth-order valence-electron chi connectivity index (χ4n) is 2.98. The summed E-state index contributed by atoms with van der Waals surface area (Å²) < 4.78 is 14.2. The van der Waals surface area contributed by atoms with Gasteiger partial charge in [0.05, 0.1) is 10.2 Å². The number of halogens is 1. The summed E-state index contributed by atoms with van der Waals surface area (Å²) in [4.78, 5) is 21.0. The smallest absolute Gasteiger partial charge is 0.246 e. The minimum absolute atomic E-state index is 0.0277. The van der Waals surface area contributed by atoms with Crippen molar-refractivity contribution >= 4 is 38.7 Å². The topological polar surface area (TPSA) is 36.4 Å². The first-order valence-electron chi connectivity index (χ1n) is 8.52. The van der Waals surface area contributed by atoms with E-state index in [1.807, 2.05) is 41.3 Å². The van der Waals surface area contributed by atoms with Gasteiger partial charge < -0.3 is 9.80 Å². The molecule has 0 radical (unpaired) electrons. The normalized spacial score (nSPS) is 15.1. The van der Waals surface area contributed by atoms with Crippen LogP contribution in [-0.4, -0.2) is 42.0 Å². The lowest BCUT2D eigenvalue weighted by molar-refractivity contribution is -0.126. The summed E-state index contributed by atoms with van der Waals surface area (Å²) >= 11 is 1.49. The molecule has 0 spiro atoms. The maximum atomic E-state index is 13.3. The van der Waals surface area contributed by atoms with Gasteiger partial charge in [0.25, 0.3) is 0 Å².